The number of benzene rings is 1. The summed E-state index contributed by atoms with van der Waals surface area (Å²) in [5.41, 5.74) is 0.186. The molecule has 2 heterocycles. The topological polar surface area (TPSA) is 107 Å². The molecule has 0 fully saturated rings. The number of nitrogens with two attached hydrogens (primary N) is 1. The van der Waals surface area contributed by atoms with E-state index in [4.69, 9.17) is 5.90 Å². The molecular weight excluding hydrogens is 350 g/mol. The zero-order valence-corrected chi connectivity index (χ0v) is 13.9. The molecule has 0 atom stereocenters. The number of nitrogens with zero attached hydrogens (tertiary/aromatic N) is 1. The number of aromatic nitrogens is 2. The van der Waals surface area contributed by atoms with Crippen molar-refractivity contribution in [2.24, 2.45) is 5.90 Å². The van der Waals surface area contributed by atoms with Crippen LogP contribution in [-0.2, 0) is 14.4 Å². The molecule has 3 N–H and O–H groups in total. The first-order chi connectivity index (χ1) is 11.4. The maximum absolute atomic E-state index is 12.6. The predicted octanol–water partition coefficient (Wildman–Crippen LogP) is 0.0452. The first-order valence-corrected chi connectivity index (χ1v) is 9.00. The molecule has 7 nitrogen and oxygen atoms in total. The third kappa shape index (κ3) is 2.97. The fraction of sp³-hybridized carbons (Fsp3) is 0. The molecule has 9 heteroatoms. The van der Waals surface area contributed by atoms with Gasteiger partial charge in [-0.15, -0.1) is 11.3 Å². The van der Waals surface area contributed by atoms with Crippen molar-refractivity contribution in [1.29, 1.82) is 0 Å². The van der Waals surface area contributed by atoms with Crippen molar-refractivity contribution in [2.75, 3.05) is 0 Å². The Bertz CT molecular complexity index is 1130. The van der Waals surface area contributed by atoms with Crippen LogP contribution in [0.4, 0.5) is 0 Å². The molecule has 0 aliphatic carbocycles. The van der Waals surface area contributed by atoms with E-state index in [2.05, 4.69) is 16.0 Å². The second-order valence-corrected chi connectivity index (χ2v) is 7.40. The zero-order valence-electron chi connectivity index (χ0n) is 12.3. The van der Waals surface area contributed by atoms with Crippen LogP contribution in [0.2, 0.25) is 0 Å². The molecule has 0 aliphatic rings. The third-order valence-corrected chi connectivity index (χ3v) is 5.27. The number of H-pyrrole nitrogens is 1. The van der Waals surface area contributed by atoms with Crippen LogP contribution in [0.5, 0.6) is 0 Å². The van der Waals surface area contributed by atoms with E-state index in [0.29, 0.717) is 16.3 Å². The first kappa shape index (κ1) is 16.4. The van der Waals surface area contributed by atoms with Crippen LogP contribution in [0.25, 0.3) is 18.3 Å². The van der Waals surface area contributed by atoms with Crippen LogP contribution < -0.4 is 22.0 Å². The van der Waals surface area contributed by atoms with Crippen molar-refractivity contribution >= 4 is 34.1 Å². The molecular formula is C15H13N3O4S2. The molecule has 0 aliphatic heterocycles. The van der Waals surface area contributed by atoms with Gasteiger partial charge in [0.2, 0.25) is 0 Å². The Morgan fingerprint density at radius 2 is 1.96 bits per heavy atom. The molecule has 24 heavy (non-hydrogen) atoms. The van der Waals surface area contributed by atoms with Gasteiger partial charge in [0.15, 0.2) is 0 Å². The lowest BCUT2D eigenvalue weighted by Crippen LogP contribution is -2.33. The smallest absolute Gasteiger partial charge is 0.291 e. The molecule has 3 aromatic rings. The maximum atomic E-state index is 12.6. The summed E-state index contributed by atoms with van der Waals surface area (Å²) >= 11 is 1.51. The number of thiophene rings is 1. The molecule has 0 saturated heterocycles. The third-order valence-electron chi connectivity index (χ3n) is 3.35. The van der Waals surface area contributed by atoms with E-state index >= 15 is 0 Å². The van der Waals surface area contributed by atoms with Crippen molar-refractivity contribution < 1.29 is 12.7 Å². The van der Waals surface area contributed by atoms with Gasteiger partial charge in [0.25, 0.3) is 5.56 Å². The minimum atomic E-state index is -3.98. The Kier molecular flexibility index (Phi) is 4.24. The van der Waals surface area contributed by atoms with Crippen LogP contribution in [0, 0.1) is 0 Å². The van der Waals surface area contributed by atoms with Gasteiger partial charge < -0.3 is 0 Å². The van der Waals surface area contributed by atoms with Crippen molar-refractivity contribution in [1.82, 2.24) is 9.78 Å². The largest absolute Gasteiger partial charge is 0.312 e. The summed E-state index contributed by atoms with van der Waals surface area (Å²) in [7, 11) is -3.98. The summed E-state index contributed by atoms with van der Waals surface area (Å²) in [4.78, 5) is 13.4. The summed E-state index contributed by atoms with van der Waals surface area (Å²) in [5, 5.41) is 5.70. The van der Waals surface area contributed by atoms with Crippen molar-refractivity contribution in [3.63, 3.8) is 0 Å². The predicted molar refractivity (Wildman–Crippen MR) is 91.5 cm³/mol. The van der Waals surface area contributed by atoms with Crippen LogP contribution in [0.15, 0.2) is 51.5 Å². The van der Waals surface area contributed by atoms with Crippen molar-refractivity contribution in [3.8, 4) is 5.69 Å². The molecule has 3 rings (SSSR count). The minimum Gasteiger partial charge on any atom is -0.291 e. The maximum Gasteiger partial charge on any atom is 0.312 e. The Labute approximate surface area is 141 Å². The number of hydrogen-bond acceptors (Lipinski definition) is 6. The van der Waals surface area contributed by atoms with E-state index < -0.39 is 10.1 Å². The highest BCUT2D eigenvalue weighted by atomic mass is 32.2. The average Bonchev–Trinajstić information content (AvgIpc) is 3.19. The van der Waals surface area contributed by atoms with Gasteiger partial charge in [-0.25, -0.2) is 4.68 Å². The Morgan fingerprint density at radius 3 is 2.54 bits per heavy atom. The molecule has 0 unspecified atom stereocenters. The molecule has 2 aromatic heterocycles. The van der Waals surface area contributed by atoms with E-state index in [1.54, 1.807) is 6.08 Å². The van der Waals surface area contributed by atoms with E-state index in [1.807, 2.05) is 17.5 Å². The standard InChI is InChI=1S/C15H13N3O4S2/c1-10-14(9-12-3-2-8-23-12)15(19)18(17-10)11-4-6-13(7-5-11)24(20,21)22-16/h2-9,17H,1,16H2. The van der Waals surface area contributed by atoms with Crippen molar-refractivity contribution in [3.05, 3.63) is 67.6 Å². The number of aromatic amines is 1. The number of hydrogen-bond donors (Lipinski definition) is 2. The number of rotatable bonds is 4. The summed E-state index contributed by atoms with van der Waals surface area (Å²) in [6, 6.07) is 9.33. The summed E-state index contributed by atoms with van der Waals surface area (Å²) < 4.78 is 28.3. The second-order valence-electron chi connectivity index (χ2n) is 4.85. The van der Waals surface area contributed by atoms with Gasteiger partial charge >= 0.3 is 10.1 Å². The molecule has 0 radical (unpaired) electrons. The summed E-state index contributed by atoms with van der Waals surface area (Å²) in [5.74, 6) is 4.74. The number of nitrogens with one attached hydrogen (secondary N) is 1. The zero-order chi connectivity index (χ0) is 17.3. The van der Waals surface area contributed by atoms with Gasteiger partial charge in [-0.2, -0.15) is 18.6 Å². The lowest BCUT2D eigenvalue weighted by atomic mass is 10.3. The second kappa shape index (κ2) is 6.21. The Morgan fingerprint density at radius 1 is 1.25 bits per heavy atom. The van der Waals surface area contributed by atoms with Gasteiger partial charge in [-0.3, -0.25) is 9.89 Å². The van der Waals surface area contributed by atoms with Crippen molar-refractivity contribution in [2.45, 2.75) is 4.90 Å². The molecule has 0 bridgehead atoms. The SMILES string of the molecule is C=c1[nH]n(-c2ccc(S(=O)(=O)ON)cc2)c(=O)c1=Cc1cccs1. The fourth-order valence-corrected chi connectivity index (χ4v) is 3.40. The highest BCUT2D eigenvalue weighted by molar-refractivity contribution is 7.86. The Balaban J connectivity index is 2.09. The minimum absolute atomic E-state index is 0.103. The summed E-state index contributed by atoms with van der Waals surface area (Å²) in [6.45, 7) is 3.84. The lowest BCUT2D eigenvalue weighted by molar-refractivity contribution is 0.333. The monoisotopic (exact) mass is 363 g/mol. The van der Waals surface area contributed by atoms with Gasteiger partial charge in [0.1, 0.15) is 0 Å². The van der Waals surface area contributed by atoms with E-state index in [-0.39, 0.29) is 10.5 Å². The van der Waals surface area contributed by atoms with Gasteiger partial charge in [-0.1, -0.05) is 12.6 Å². The Hall–Kier alpha value is -2.46. The van der Waals surface area contributed by atoms with E-state index in [0.717, 1.165) is 4.88 Å². The molecule has 1 aromatic carbocycles. The normalized spacial score (nSPS) is 12.6. The van der Waals surface area contributed by atoms with Crippen LogP contribution >= 0.6 is 11.3 Å². The lowest BCUT2D eigenvalue weighted by Gasteiger charge is -2.03. The molecule has 0 saturated carbocycles. The molecule has 124 valence electrons. The molecule has 0 spiro atoms. The van der Waals surface area contributed by atoms with E-state index in [1.165, 1.54) is 40.3 Å². The quantitative estimate of drug-likeness (QED) is 0.637. The van der Waals surface area contributed by atoms with E-state index in [9.17, 15) is 13.2 Å². The highest BCUT2D eigenvalue weighted by Crippen LogP contribution is 2.13. The molecule has 0 amide bonds. The highest BCUT2D eigenvalue weighted by Gasteiger charge is 2.14. The van der Waals surface area contributed by atoms with Gasteiger partial charge in [0.05, 0.1) is 21.2 Å². The van der Waals surface area contributed by atoms with Crippen LogP contribution in [0.3, 0.4) is 0 Å². The summed E-state index contributed by atoms with van der Waals surface area (Å²) in [6.07, 6.45) is 1.75. The van der Waals surface area contributed by atoms with Crippen LogP contribution in [0.1, 0.15) is 4.88 Å². The first-order valence-electron chi connectivity index (χ1n) is 6.71. The van der Waals surface area contributed by atoms with Gasteiger partial charge in [-0.05, 0) is 41.8 Å². The van der Waals surface area contributed by atoms with Crippen LogP contribution in [-0.4, -0.2) is 18.2 Å². The van der Waals surface area contributed by atoms with Gasteiger partial charge in [0, 0.05) is 4.88 Å². The average molecular weight is 363 g/mol. The fourth-order valence-electron chi connectivity index (χ4n) is 2.16.